The van der Waals surface area contributed by atoms with Crippen LogP contribution < -0.4 is 0 Å². The van der Waals surface area contributed by atoms with E-state index in [-0.39, 0.29) is 0 Å². The fourth-order valence-electron chi connectivity index (χ4n) is 3.17. The monoisotopic (exact) mass is 306 g/mol. The smallest absolute Gasteiger partial charge is 0.423 e. The molecule has 3 aliphatic rings. The molecule has 4 heteroatoms. The first kappa shape index (κ1) is 12.5. The summed E-state index contributed by atoms with van der Waals surface area (Å²) in [7, 11) is -1.28. The largest absolute Gasteiger partial charge is 0.484 e. The van der Waals surface area contributed by atoms with E-state index < -0.39 is 7.12 Å². The summed E-state index contributed by atoms with van der Waals surface area (Å²) in [5.74, 6) is 0. The number of rotatable bonds is 1. The van der Waals surface area contributed by atoms with Crippen molar-refractivity contribution in [3.05, 3.63) is 44.4 Å². The van der Waals surface area contributed by atoms with E-state index in [4.69, 9.17) is 0 Å². The highest BCUT2D eigenvalue weighted by Crippen LogP contribution is 2.43. The van der Waals surface area contributed by atoms with Crippen LogP contribution in [0.25, 0.3) is 0 Å². The van der Waals surface area contributed by atoms with Crippen LogP contribution in [0, 0.1) is 0 Å². The van der Waals surface area contributed by atoms with Gasteiger partial charge in [0, 0.05) is 0 Å². The normalized spacial score (nSPS) is 23.3. The number of fused-ring (bicyclic) bond motifs is 1. The molecule has 18 heavy (non-hydrogen) atoms. The molecule has 0 heterocycles. The van der Waals surface area contributed by atoms with Crippen molar-refractivity contribution >= 4 is 23.0 Å². The van der Waals surface area contributed by atoms with Crippen LogP contribution in [0.5, 0.6) is 0 Å². The highest BCUT2D eigenvalue weighted by Gasteiger charge is 2.27. The molecule has 2 N–H and O–H groups in total. The number of halogens is 1. The molecule has 2 nitrogen and oxygen atoms in total. The molecule has 0 bridgehead atoms. The van der Waals surface area contributed by atoms with Gasteiger partial charge in [0.25, 0.3) is 0 Å². The van der Waals surface area contributed by atoms with E-state index in [0.29, 0.717) is 0 Å². The van der Waals surface area contributed by atoms with Crippen molar-refractivity contribution < 1.29 is 10.0 Å². The molecule has 3 rings (SSSR count). The molecular formula is C14H16BBrO2. The maximum Gasteiger partial charge on any atom is 0.484 e. The molecule has 0 atom stereocenters. The first-order chi connectivity index (χ1) is 8.65. The molecule has 0 spiro atoms. The standard InChI is InChI=1S/C14H16BBrO2/c16-12-4-6-14-10(8-12)2-1-9-7-11(15(17)18)3-5-13(9)14/h7-8,17-18H,1-6H2. The molecule has 0 aromatic rings. The first-order valence-corrected chi connectivity index (χ1v) is 7.31. The van der Waals surface area contributed by atoms with E-state index in [1.807, 2.05) is 6.08 Å². The number of allylic oxidation sites excluding steroid dienone is 8. The van der Waals surface area contributed by atoms with Gasteiger partial charge in [0.1, 0.15) is 0 Å². The highest BCUT2D eigenvalue weighted by atomic mass is 79.9. The maximum absolute atomic E-state index is 9.27. The minimum Gasteiger partial charge on any atom is -0.423 e. The predicted octanol–water partition coefficient (Wildman–Crippen LogP) is 3.18. The van der Waals surface area contributed by atoms with Gasteiger partial charge in [-0.05, 0) is 76.8 Å². The van der Waals surface area contributed by atoms with Gasteiger partial charge in [-0.25, -0.2) is 0 Å². The summed E-state index contributed by atoms with van der Waals surface area (Å²) >= 11 is 3.60. The van der Waals surface area contributed by atoms with E-state index in [1.54, 1.807) is 0 Å². The summed E-state index contributed by atoms with van der Waals surface area (Å²) < 4.78 is 1.31. The second-order valence-corrected chi connectivity index (χ2v) is 6.21. The van der Waals surface area contributed by atoms with E-state index in [0.717, 1.165) is 44.0 Å². The average molecular weight is 307 g/mol. The fraction of sp³-hybridized carbons (Fsp3) is 0.429. The second kappa shape index (κ2) is 4.84. The molecule has 0 unspecified atom stereocenters. The lowest BCUT2D eigenvalue weighted by molar-refractivity contribution is 0.416. The molecule has 3 aliphatic carbocycles. The lowest BCUT2D eigenvalue weighted by atomic mass is 9.68. The first-order valence-electron chi connectivity index (χ1n) is 6.52. The summed E-state index contributed by atoms with van der Waals surface area (Å²) in [6.45, 7) is 0. The maximum atomic E-state index is 9.27. The molecule has 0 fully saturated rings. The Balaban J connectivity index is 1.99. The molecule has 94 valence electrons. The van der Waals surface area contributed by atoms with E-state index >= 15 is 0 Å². The third-order valence-corrected chi connectivity index (χ3v) is 4.73. The Kier molecular flexibility index (Phi) is 3.35. The molecule has 0 saturated heterocycles. The molecule has 0 aromatic heterocycles. The van der Waals surface area contributed by atoms with Gasteiger partial charge >= 0.3 is 7.12 Å². The van der Waals surface area contributed by atoms with Crippen LogP contribution in [0.15, 0.2) is 44.4 Å². The molecule has 0 radical (unpaired) electrons. The van der Waals surface area contributed by atoms with Crippen molar-refractivity contribution in [2.45, 2.75) is 38.5 Å². The summed E-state index contributed by atoms with van der Waals surface area (Å²) in [6, 6.07) is 0. The third-order valence-electron chi connectivity index (χ3n) is 4.10. The van der Waals surface area contributed by atoms with Crippen LogP contribution in [0.3, 0.4) is 0 Å². The summed E-state index contributed by atoms with van der Waals surface area (Å²) in [4.78, 5) is 0. The summed E-state index contributed by atoms with van der Waals surface area (Å²) in [5.41, 5.74) is 6.56. The van der Waals surface area contributed by atoms with Crippen LogP contribution in [-0.4, -0.2) is 17.2 Å². The zero-order valence-corrected chi connectivity index (χ0v) is 11.8. The van der Waals surface area contributed by atoms with Crippen LogP contribution in [0.1, 0.15) is 38.5 Å². The fourth-order valence-corrected chi connectivity index (χ4v) is 3.65. The Bertz CT molecular complexity index is 512. The van der Waals surface area contributed by atoms with Gasteiger partial charge in [-0.2, -0.15) is 0 Å². The van der Waals surface area contributed by atoms with Gasteiger partial charge in [0.2, 0.25) is 0 Å². The summed E-state index contributed by atoms with van der Waals surface area (Å²) in [6.07, 6.45) is 10.4. The van der Waals surface area contributed by atoms with Crippen molar-refractivity contribution in [1.29, 1.82) is 0 Å². The van der Waals surface area contributed by atoms with Crippen LogP contribution >= 0.6 is 15.9 Å². The number of hydrogen-bond acceptors (Lipinski definition) is 2. The van der Waals surface area contributed by atoms with Gasteiger partial charge in [-0.15, -0.1) is 0 Å². The topological polar surface area (TPSA) is 40.5 Å². The minimum atomic E-state index is -1.28. The Labute approximate surface area is 116 Å². The third kappa shape index (κ3) is 2.17. The van der Waals surface area contributed by atoms with Crippen LogP contribution in [0.4, 0.5) is 0 Å². The van der Waals surface area contributed by atoms with Gasteiger partial charge in [-0.1, -0.05) is 22.0 Å². The van der Waals surface area contributed by atoms with E-state index in [2.05, 4.69) is 22.0 Å². The lowest BCUT2D eigenvalue weighted by Gasteiger charge is -2.30. The van der Waals surface area contributed by atoms with Gasteiger partial charge in [0.15, 0.2) is 0 Å². The predicted molar refractivity (Wildman–Crippen MR) is 77.0 cm³/mol. The van der Waals surface area contributed by atoms with E-state index in [1.165, 1.54) is 26.8 Å². The van der Waals surface area contributed by atoms with Crippen molar-refractivity contribution in [3.63, 3.8) is 0 Å². The van der Waals surface area contributed by atoms with Gasteiger partial charge < -0.3 is 10.0 Å². The zero-order chi connectivity index (χ0) is 12.7. The molecule has 0 amide bonds. The second-order valence-electron chi connectivity index (χ2n) is 5.19. The summed E-state index contributed by atoms with van der Waals surface area (Å²) in [5, 5.41) is 18.5. The van der Waals surface area contributed by atoms with Crippen molar-refractivity contribution in [2.75, 3.05) is 0 Å². The Morgan fingerprint density at radius 1 is 0.833 bits per heavy atom. The van der Waals surface area contributed by atoms with Gasteiger partial charge in [0.05, 0.1) is 0 Å². The van der Waals surface area contributed by atoms with E-state index in [9.17, 15) is 10.0 Å². The minimum absolute atomic E-state index is 0.769. The van der Waals surface area contributed by atoms with Crippen molar-refractivity contribution in [3.8, 4) is 0 Å². The molecule has 0 aromatic carbocycles. The zero-order valence-electron chi connectivity index (χ0n) is 10.2. The Hall–Kier alpha value is -0.575. The van der Waals surface area contributed by atoms with Crippen molar-refractivity contribution in [1.82, 2.24) is 0 Å². The number of hydrogen-bond donors (Lipinski definition) is 2. The Morgan fingerprint density at radius 3 is 2.11 bits per heavy atom. The van der Waals surface area contributed by atoms with Gasteiger partial charge in [-0.3, -0.25) is 0 Å². The lowest BCUT2D eigenvalue weighted by Crippen LogP contribution is -2.20. The van der Waals surface area contributed by atoms with Crippen molar-refractivity contribution in [2.24, 2.45) is 0 Å². The Morgan fingerprint density at radius 2 is 1.44 bits per heavy atom. The quantitative estimate of drug-likeness (QED) is 0.731. The average Bonchev–Trinajstić information content (AvgIpc) is 2.37. The molecule has 0 saturated carbocycles. The molecule has 0 aliphatic heterocycles. The van der Waals surface area contributed by atoms with Crippen LogP contribution in [-0.2, 0) is 0 Å². The van der Waals surface area contributed by atoms with Crippen LogP contribution in [0.2, 0.25) is 0 Å². The SMILES string of the molecule is OB(O)C1=CC2=C(CC1)C1=C(C=C(Br)CC1)CC2. The highest BCUT2D eigenvalue weighted by molar-refractivity contribution is 9.11. The molecular weight excluding hydrogens is 291 g/mol.